The van der Waals surface area contributed by atoms with Crippen molar-refractivity contribution in [3.63, 3.8) is 0 Å². The van der Waals surface area contributed by atoms with Crippen LogP contribution in [0.25, 0.3) is 0 Å². The van der Waals surface area contributed by atoms with Gasteiger partial charge >= 0.3 is 5.97 Å². The molecule has 6 heteroatoms. The minimum absolute atomic E-state index is 0.107. The summed E-state index contributed by atoms with van der Waals surface area (Å²) in [5.74, 6) is -1.03. The number of anilines is 2. The minimum atomic E-state index is -1.03. The van der Waals surface area contributed by atoms with Crippen LogP contribution in [0.15, 0.2) is 24.4 Å². The fourth-order valence-electron chi connectivity index (χ4n) is 1.51. The summed E-state index contributed by atoms with van der Waals surface area (Å²) >= 11 is 1.61. The van der Waals surface area contributed by atoms with Gasteiger partial charge < -0.3 is 16.2 Å². The quantitative estimate of drug-likeness (QED) is 0.737. The van der Waals surface area contributed by atoms with Crippen LogP contribution >= 0.6 is 11.3 Å². The number of nitrogens with zero attached hydrogens (tertiary/aromatic N) is 1. The molecule has 0 amide bonds. The maximum atomic E-state index is 10.9. The minimum Gasteiger partial charge on any atom is -0.478 e. The van der Waals surface area contributed by atoms with Crippen LogP contribution in [-0.2, 0) is 6.54 Å². The van der Waals surface area contributed by atoms with Crippen molar-refractivity contribution in [1.29, 1.82) is 0 Å². The first-order valence-corrected chi connectivity index (χ1v) is 6.16. The molecule has 5 nitrogen and oxygen atoms in total. The fraction of sp³-hybridized carbons (Fsp3) is 0.167. The Hall–Kier alpha value is -2.08. The molecule has 18 heavy (non-hydrogen) atoms. The van der Waals surface area contributed by atoms with E-state index < -0.39 is 5.97 Å². The number of rotatable bonds is 4. The Morgan fingerprint density at radius 1 is 1.56 bits per heavy atom. The van der Waals surface area contributed by atoms with E-state index in [1.807, 2.05) is 13.1 Å². The number of hydrogen-bond donors (Lipinski definition) is 3. The third-order valence-electron chi connectivity index (χ3n) is 2.40. The normalized spacial score (nSPS) is 10.3. The molecule has 1 heterocycles. The molecule has 0 aliphatic carbocycles. The number of aromatic carboxylic acids is 1. The lowest BCUT2D eigenvalue weighted by Crippen LogP contribution is -2.05. The van der Waals surface area contributed by atoms with Gasteiger partial charge in [0.15, 0.2) is 0 Å². The van der Waals surface area contributed by atoms with Crippen LogP contribution in [0.3, 0.4) is 0 Å². The number of hydrogen-bond acceptors (Lipinski definition) is 5. The van der Waals surface area contributed by atoms with E-state index in [2.05, 4.69) is 10.3 Å². The highest BCUT2D eigenvalue weighted by Crippen LogP contribution is 2.19. The monoisotopic (exact) mass is 263 g/mol. The number of carboxylic acid groups (broad SMARTS) is 1. The number of aryl methyl sites for hydroxylation is 1. The largest absolute Gasteiger partial charge is 0.478 e. The van der Waals surface area contributed by atoms with Crippen LogP contribution in [0, 0.1) is 6.92 Å². The van der Waals surface area contributed by atoms with Crippen molar-refractivity contribution >= 4 is 28.7 Å². The van der Waals surface area contributed by atoms with E-state index in [1.165, 1.54) is 6.07 Å². The SMILES string of the molecule is Cc1cnc(CNc2ccc(N)c(C(=O)O)c2)s1. The molecule has 2 rings (SSSR count). The van der Waals surface area contributed by atoms with Gasteiger partial charge in [-0.05, 0) is 25.1 Å². The van der Waals surface area contributed by atoms with Crippen LogP contribution < -0.4 is 11.1 Å². The van der Waals surface area contributed by atoms with Crippen LogP contribution in [0.5, 0.6) is 0 Å². The Kier molecular flexibility index (Phi) is 3.47. The van der Waals surface area contributed by atoms with Gasteiger partial charge in [0.25, 0.3) is 0 Å². The predicted octanol–water partition coefficient (Wildman–Crippen LogP) is 2.34. The van der Waals surface area contributed by atoms with Gasteiger partial charge in [-0.1, -0.05) is 0 Å². The molecular formula is C12H13N3O2S. The summed E-state index contributed by atoms with van der Waals surface area (Å²) in [4.78, 5) is 16.3. The average molecular weight is 263 g/mol. The van der Waals surface area contributed by atoms with Gasteiger partial charge in [0.1, 0.15) is 5.01 Å². The number of nitrogens with one attached hydrogen (secondary N) is 1. The molecule has 0 atom stereocenters. The lowest BCUT2D eigenvalue weighted by molar-refractivity contribution is 0.0698. The Bertz CT molecular complexity index is 580. The fourth-order valence-corrected chi connectivity index (χ4v) is 2.24. The zero-order chi connectivity index (χ0) is 13.1. The zero-order valence-electron chi connectivity index (χ0n) is 9.80. The highest BCUT2D eigenvalue weighted by atomic mass is 32.1. The lowest BCUT2D eigenvalue weighted by Gasteiger charge is -2.07. The number of carbonyl (C=O) groups is 1. The maximum Gasteiger partial charge on any atom is 0.337 e. The van der Waals surface area contributed by atoms with Crippen molar-refractivity contribution in [3.05, 3.63) is 39.8 Å². The molecule has 0 fully saturated rings. The summed E-state index contributed by atoms with van der Waals surface area (Å²) in [7, 11) is 0. The number of thiazole rings is 1. The lowest BCUT2D eigenvalue weighted by atomic mass is 10.1. The number of carboxylic acids is 1. The molecule has 4 N–H and O–H groups in total. The molecule has 0 aliphatic rings. The van der Waals surface area contributed by atoms with Gasteiger partial charge in [-0.15, -0.1) is 11.3 Å². The summed E-state index contributed by atoms with van der Waals surface area (Å²) in [5.41, 5.74) is 6.67. The molecule has 0 saturated carbocycles. The first-order chi connectivity index (χ1) is 8.56. The predicted molar refractivity (Wildman–Crippen MR) is 72.0 cm³/mol. The molecule has 94 valence electrons. The zero-order valence-corrected chi connectivity index (χ0v) is 10.6. The Labute approximate surface area is 108 Å². The van der Waals surface area contributed by atoms with Crippen molar-refractivity contribution in [2.75, 3.05) is 11.1 Å². The van der Waals surface area contributed by atoms with Crippen molar-refractivity contribution in [1.82, 2.24) is 4.98 Å². The number of aromatic nitrogens is 1. The van der Waals surface area contributed by atoms with E-state index in [0.717, 1.165) is 15.6 Å². The standard InChI is InChI=1S/C12H13N3O2S/c1-7-5-15-11(18-7)6-14-8-2-3-10(13)9(4-8)12(16)17/h2-5,14H,6,13H2,1H3,(H,16,17). The van der Waals surface area contributed by atoms with E-state index >= 15 is 0 Å². The van der Waals surface area contributed by atoms with Gasteiger partial charge in [-0.3, -0.25) is 0 Å². The highest BCUT2D eigenvalue weighted by molar-refractivity contribution is 7.11. The average Bonchev–Trinajstić information content (AvgIpc) is 2.74. The van der Waals surface area contributed by atoms with Crippen molar-refractivity contribution in [2.24, 2.45) is 0 Å². The van der Waals surface area contributed by atoms with Crippen molar-refractivity contribution in [2.45, 2.75) is 13.5 Å². The second-order valence-corrected chi connectivity index (χ2v) is 5.14. The van der Waals surface area contributed by atoms with Crippen LogP contribution in [-0.4, -0.2) is 16.1 Å². The molecular weight excluding hydrogens is 250 g/mol. The van der Waals surface area contributed by atoms with Crippen molar-refractivity contribution < 1.29 is 9.90 Å². The van der Waals surface area contributed by atoms with E-state index in [9.17, 15) is 4.79 Å². The molecule has 0 unspecified atom stereocenters. The highest BCUT2D eigenvalue weighted by Gasteiger charge is 2.08. The van der Waals surface area contributed by atoms with Crippen molar-refractivity contribution in [3.8, 4) is 0 Å². The molecule has 0 spiro atoms. The van der Waals surface area contributed by atoms with Gasteiger partial charge in [0.05, 0.1) is 12.1 Å². The van der Waals surface area contributed by atoms with Gasteiger partial charge in [-0.25, -0.2) is 9.78 Å². The Morgan fingerprint density at radius 3 is 2.94 bits per heavy atom. The van der Waals surface area contributed by atoms with E-state index in [-0.39, 0.29) is 11.3 Å². The van der Waals surface area contributed by atoms with Crippen LogP contribution in [0.2, 0.25) is 0 Å². The van der Waals surface area contributed by atoms with Gasteiger partial charge in [0, 0.05) is 22.4 Å². The van der Waals surface area contributed by atoms with Crippen LogP contribution in [0.1, 0.15) is 20.2 Å². The molecule has 2 aromatic rings. The Balaban J connectivity index is 2.10. The summed E-state index contributed by atoms with van der Waals surface area (Å²) in [6, 6.07) is 4.86. The number of nitrogens with two attached hydrogens (primary N) is 1. The number of nitrogen functional groups attached to an aromatic ring is 1. The van der Waals surface area contributed by atoms with Gasteiger partial charge in [0.2, 0.25) is 0 Å². The Morgan fingerprint density at radius 2 is 2.33 bits per heavy atom. The molecule has 0 aliphatic heterocycles. The molecule has 0 saturated heterocycles. The van der Waals surface area contributed by atoms with E-state index in [4.69, 9.17) is 10.8 Å². The number of benzene rings is 1. The van der Waals surface area contributed by atoms with Crippen LogP contribution in [0.4, 0.5) is 11.4 Å². The summed E-state index contributed by atoms with van der Waals surface area (Å²) in [6.45, 7) is 2.56. The molecule has 1 aromatic carbocycles. The second-order valence-electron chi connectivity index (χ2n) is 3.83. The second kappa shape index (κ2) is 5.05. The third kappa shape index (κ3) is 2.78. The van der Waals surface area contributed by atoms with Gasteiger partial charge in [-0.2, -0.15) is 0 Å². The topological polar surface area (TPSA) is 88.2 Å². The molecule has 0 radical (unpaired) electrons. The summed E-state index contributed by atoms with van der Waals surface area (Å²) in [5, 5.41) is 13.0. The summed E-state index contributed by atoms with van der Waals surface area (Å²) < 4.78 is 0. The molecule has 0 bridgehead atoms. The maximum absolute atomic E-state index is 10.9. The third-order valence-corrected chi connectivity index (χ3v) is 3.31. The van der Waals surface area contributed by atoms with E-state index in [1.54, 1.807) is 23.5 Å². The summed E-state index contributed by atoms with van der Waals surface area (Å²) in [6.07, 6.45) is 1.81. The first-order valence-electron chi connectivity index (χ1n) is 5.34. The molecule has 1 aromatic heterocycles. The smallest absolute Gasteiger partial charge is 0.337 e. The first kappa shape index (κ1) is 12.4. The van der Waals surface area contributed by atoms with E-state index in [0.29, 0.717) is 6.54 Å².